The molecule has 0 amide bonds. The summed E-state index contributed by atoms with van der Waals surface area (Å²) in [6.45, 7) is 21.2. The number of aromatic nitrogens is 1. The predicted molar refractivity (Wildman–Crippen MR) is 194 cm³/mol. The summed E-state index contributed by atoms with van der Waals surface area (Å²) >= 11 is 0. The van der Waals surface area contributed by atoms with Crippen molar-refractivity contribution in [2.75, 3.05) is 0 Å². The Morgan fingerprint density at radius 1 is 0.957 bits per heavy atom. The van der Waals surface area contributed by atoms with E-state index in [1.807, 2.05) is 40.8 Å². The average molecular weight is 813 g/mol. The topological polar surface area (TPSA) is 59.4 Å². The number of hydrogen-bond acceptors (Lipinski definition) is 4. The number of hydrogen-bond donors (Lipinski definition) is 1. The molecule has 0 atom stereocenters. The zero-order valence-electron chi connectivity index (χ0n) is 30.1. The van der Waals surface area contributed by atoms with Crippen LogP contribution in [-0.4, -0.2) is 15.9 Å². The van der Waals surface area contributed by atoms with Crippen LogP contribution in [0.1, 0.15) is 105 Å². The number of ketones is 1. The fraction of sp³-hybridized carbons (Fsp3) is 0.476. The van der Waals surface area contributed by atoms with Gasteiger partial charge in [-0.05, 0) is 80.4 Å². The van der Waals surface area contributed by atoms with Gasteiger partial charge in [0.25, 0.3) is 0 Å². The van der Waals surface area contributed by atoms with E-state index in [0.717, 1.165) is 77.6 Å². The maximum Gasteiger partial charge on any atom is 0.164 e. The van der Waals surface area contributed by atoms with E-state index in [1.54, 1.807) is 0 Å². The number of aryl methyl sites for hydroxylation is 1. The van der Waals surface area contributed by atoms with Gasteiger partial charge in [-0.3, -0.25) is 9.78 Å². The number of carbonyl (C=O) groups is 1. The minimum Gasteiger partial charge on any atom is -0.512 e. The van der Waals surface area contributed by atoms with Crippen molar-refractivity contribution in [2.24, 2.45) is 23.2 Å². The van der Waals surface area contributed by atoms with Crippen LogP contribution < -0.4 is 4.74 Å². The van der Waals surface area contributed by atoms with Gasteiger partial charge in [-0.15, -0.1) is 17.5 Å². The Labute approximate surface area is 296 Å². The normalized spacial score (nSPS) is 12.6. The molecule has 4 aromatic rings. The third-order valence-electron chi connectivity index (χ3n) is 9.78. The van der Waals surface area contributed by atoms with E-state index in [0.29, 0.717) is 11.8 Å². The van der Waals surface area contributed by atoms with Crippen LogP contribution in [0.5, 0.6) is 11.5 Å². The second-order valence-electron chi connectivity index (χ2n) is 14.2. The molecule has 47 heavy (non-hydrogen) atoms. The van der Waals surface area contributed by atoms with Crippen molar-refractivity contribution in [3.05, 3.63) is 77.2 Å². The van der Waals surface area contributed by atoms with Crippen molar-refractivity contribution in [3.63, 3.8) is 0 Å². The number of pyridine rings is 1. The average Bonchev–Trinajstić information content (AvgIpc) is 3.01. The van der Waals surface area contributed by atoms with Gasteiger partial charge in [0.15, 0.2) is 5.78 Å². The Morgan fingerprint density at radius 3 is 2.19 bits per heavy atom. The van der Waals surface area contributed by atoms with E-state index in [2.05, 4.69) is 77.1 Å². The monoisotopic (exact) mass is 813 g/mol. The van der Waals surface area contributed by atoms with Gasteiger partial charge in [-0.1, -0.05) is 103 Å². The van der Waals surface area contributed by atoms with E-state index in [1.165, 1.54) is 28.0 Å². The summed E-state index contributed by atoms with van der Waals surface area (Å²) < 4.78 is 6.53. The molecule has 1 aliphatic heterocycles. The summed E-state index contributed by atoms with van der Waals surface area (Å²) in [5.74, 6) is 3.49. The molecule has 5 heteroatoms. The molecule has 5 rings (SSSR count). The van der Waals surface area contributed by atoms with E-state index in [-0.39, 0.29) is 43.0 Å². The first-order chi connectivity index (χ1) is 21.8. The minimum absolute atomic E-state index is 0. The quantitative estimate of drug-likeness (QED) is 0.0820. The van der Waals surface area contributed by atoms with Crippen LogP contribution >= 0.6 is 0 Å². The summed E-state index contributed by atoms with van der Waals surface area (Å²) in [4.78, 5) is 16.8. The van der Waals surface area contributed by atoms with Gasteiger partial charge in [0.05, 0.1) is 11.5 Å². The van der Waals surface area contributed by atoms with Crippen LogP contribution in [0.3, 0.4) is 0 Å². The molecule has 1 N–H and O–H groups in total. The zero-order valence-corrected chi connectivity index (χ0v) is 32.5. The van der Waals surface area contributed by atoms with E-state index >= 15 is 0 Å². The van der Waals surface area contributed by atoms with Crippen LogP contribution in [0.4, 0.5) is 0 Å². The van der Waals surface area contributed by atoms with Gasteiger partial charge in [-0.2, -0.15) is 0 Å². The summed E-state index contributed by atoms with van der Waals surface area (Å²) in [5.41, 5.74) is 5.48. The van der Waals surface area contributed by atoms with Crippen molar-refractivity contribution in [1.82, 2.24) is 4.98 Å². The van der Waals surface area contributed by atoms with Crippen molar-refractivity contribution < 1.29 is 34.7 Å². The molecule has 0 fully saturated rings. The molecule has 1 aliphatic rings. The molecule has 0 aliphatic carbocycles. The Bertz CT molecular complexity index is 1730. The van der Waals surface area contributed by atoms with Crippen LogP contribution in [0.25, 0.3) is 32.8 Å². The molecule has 1 aromatic heterocycles. The van der Waals surface area contributed by atoms with Gasteiger partial charge < -0.3 is 9.84 Å². The molecule has 4 nitrogen and oxygen atoms in total. The number of rotatable bonds is 11. The summed E-state index contributed by atoms with van der Waals surface area (Å²) in [5, 5.41) is 14.5. The molecule has 0 bridgehead atoms. The SMILES string of the molecule is CCC(CC)/C(O)=C/C(=O)C(C)(CC)CC.Cc1c2c([c-]c3cc(CC(C)C)ccc13)-c1nccc3cc(CC(C)C)cc(c13)O2.[Ir]. The van der Waals surface area contributed by atoms with Gasteiger partial charge in [0, 0.05) is 54.8 Å². The second kappa shape index (κ2) is 16.4. The molecule has 0 saturated heterocycles. The first-order valence-electron chi connectivity index (χ1n) is 17.4. The van der Waals surface area contributed by atoms with Crippen molar-refractivity contribution in [3.8, 4) is 22.8 Å². The molecule has 3 aromatic carbocycles. The third kappa shape index (κ3) is 8.54. The molecule has 0 spiro atoms. The second-order valence-corrected chi connectivity index (χ2v) is 14.2. The van der Waals surface area contributed by atoms with Crippen molar-refractivity contribution >= 4 is 27.3 Å². The first-order valence-corrected chi connectivity index (χ1v) is 17.4. The van der Waals surface area contributed by atoms with Crippen molar-refractivity contribution in [2.45, 2.75) is 108 Å². The molecule has 1 radical (unpaired) electrons. The maximum absolute atomic E-state index is 12.0. The standard InChI is InChI=1S/C28H28NO.C14H26O2.Ir/c1-16(2)10-19-6-7-23-18(5)28-24(15-22(23)12-19)27-26-21(8-9-29-27)13-20(11-17(3)4)14-25(26)30-28;1-6-11(7-2)12(15)10-13(16)14(5,8-3)9-4;/h6-9,12-14,16-17H,10-11H2,1-5H3;10-11,15H,6-9H2,1-5H3;/q-1;;/b;12-10-;. The molecule has 0 unspecified atom stereocenters. The fourth-order valence-corrected chi connectivity index (χ4v) is 6.45. The Hall–Kier alpha value is -3.01. The van der Waals surface area contributed by atoms with Crippen LogP contribution in [0.2, 0.25) is 0 Å². The Balaban J connectivity index is 0.000000304. The number of aliphatic hydroxyl groups excluding tert-OH is 1. The summed E-state index contributed by atoms with van der Waals surface area (Å²) in [6.07, 6.45) is 8.86. The first kappa shape index (κ1) is 38.4. The van der Waals surface area contributed by atoms with Gasteiger partial charge in [0.2, 0.25) is 0 Å². The van der Waals surface area contributed by atoms with Crippen LogP contribution in [0, 0.1) is 36.2 Å². The van der Waals surface area contributed by atoms with Gasteiger partial charge in [-0.25, -0.2) is 0 Å². The van der Waals surface area contributed by atoms with Crippen LogP contribution in [-0.2, 0) is 37.7 Å². The third-order valence-corrected chi connectivity index (χ3v) is 9.78. The number of allylic oxidation sites excluding steroid dienone is 2. The van der Waals surface area contributed by atoms with Gasteiger partial charge in [0.1, 0.15) is 5.75 Å². The summed E-state index contributed by atoms with van der Waals surface area (Å²) in [6, 6.07) is 17.0. The maximum atomic E-state index is 12.0. The number of aliphatic hydroxyl groups is 1. The minimum atomic E-state index is -0.319. The predicted octanol–water partition coefficient (Wildman–Crippen LogP) is 11.9. The largest absolute Gasteiger partial charge is 0.512 e. The Kier molecular flexibility index (Phi) is 13.4. The number of benzene rings is 3. The molecule has 2 heterocycles. The molecule has 0 saturated carbocycles. The molecular weight excluding hydrogens is 759 g/mol. The number of carbonyl (C=O) groups excluding carboxylic acids is 1. The zero-order chi connectivity index (χ0) is 33.8. The fourth-order valence-electron chi connectivity index (χ4n) is 6.45. The number of ether oxygens (including phenoxy) is 1. The number of nitrogens with zero attached hydrogens (tertiary/aromatic N) is 1. The van der Waals surface area contributed by atoms with Gasteiger partial charge >= 0.3 is 0 Å². The van der Waals surface area contributed by atoms with E-state index in [4.69, 9.17) is 9.72 Å². The van der Waals surface area contributed by atoms with E-state index < -0.39 is 0 Å². The van der Waals surface area contributed by atoms with E-state index in [9.17, 15) is 9.90 Å². The van der Waals surface area contributed by atoms with Crippen LogP contribution in [0.15, 0.2) is 54.4 Å². The number of fused-ring (bicyclic) bond motifs is 3. The smallest absolute Gasteiger partial charge is 0.164 e. The molecular formula is C42H54IrNO3-. The van der Waals surface area contributed by atoms with Crippen molar-refractivity contribution in [1.29, 1.82) is 0 Å². The molecule has 255 valence electrons. The Morgan fingerprint density at radius 2 is 1.60 bits per heavy atom. The summed E-state index contributed by atoms with van der Waals surface area (Å²) in [7, 11) is 0.